The van der Waals surface area contributed by atoms with Gasteiger partial charge in [-0.1, -0.05) is 18.6 Å². The van der Waals surface area contributed by atoms with Crippen LogP contribution in [0.3, 0.4) is 0 Å². The lowest BCUT2D eigenvalue weighted by molar-refractivity contribution is 0.0937. The van der Waals surface area contributed by atoms with Crippen LogP contribution in [0.5, 0.6) is 0 Å². The molecule has 1 aromatic carbocycles. The van der Waals surface area contributed by atoms with Crippen molar-refractivity contribution in [3.8, 4) is 0 Å². The van der Waals surface area contributed by atoms with Crippen LogP contribution in [-0.4, -0.2) is 30.0 Å². The second-order valence-electron chi connectivity index (χ2n) is 5.66. The minimum absolute atomic E-state index is 0.120. The summed E-state index contributed by atoms with van der Waals surface area (Å²) < 4.78 is 0. The summed E-state index contributed by atoms with van der Waals surface area (Å²) in [7, 11) is 0. The Morgan fingerprint density at radius 2 is 2.30 bits per heavy atom. The van der Waals surface area contributed by atoms with Crippen LogP contribution in [0.1, 0.15) is 40.7 Å². The van der Waals surface area contributed by atoms with Crippen molar-refractivity contribution < 1.29 is 4.79 Å². The fourth-order valence-corrected chi connectivity index (χ4v) is 4.30. The molecule has 0 bridgehead atoms. The molecule has 0 radical (unpaired) electrons. The van der Waals surface area contributed by atoms with Gasteiger partial charge < -0.3 is 10.6 Å². The van der Waals surface area contributed by atoms with Gasteiger partial charge in [0.15, 0.2) is 0 Å². The van der Waals surface area contributed by atoms with Crippen molar-refractivity contribution in [1.29, 1.82) is 0 Å². The highest BCUT2D eigenvalue weighted by Gasteiger charge is 2.28. The number of fused-ring (bicyclic) bond motifs is 1. The van der Waals surface area contributed by atoms with Gasteiger partial charge >= 0.3 is 0 Å². The maximum atomic E-state index is 12.6. The first kappa shape index (κ1) is 14.0. The third-order valence-electron chi connectivity index (χ3n) is 4.46. The molecule has 0 saturated heterocycles. The van der Waals surface area contributed by atoms with Crippen LogP contribution in [-0.2, 0) is 13.0 Å². The Bertz CT molecular complexity index is 503. The average Bonchev–Trinajstić information content (AvgIpc) is 2.93. The van der Waals surface area contributed by atoms with Gasteiger partial charge in [-0.3, -0.25) is 4.79 Å². The predicted octanol–water partition coefficient (Wildman–Crippen LogP) is 2.35. The number of amides is 1. The highest BCUT2D eigenvalue weighted by atomic mass is 32.2. The van der Waals surface area contributed by atoms with Gasteiger partial charge in [-0.25, -0.2) is 0 Å². The zero-order valence-electron chi connectivity index (χ0n) is 11.9. The molecule has 20 heavy (non-hydrogen) atoms. The van der Waals surface area contributed by atoms with Crippen molar-refractivity contribution in [2.24, 2.45) is 0 Å². The fourth-order valence-electron chi connectivity index (χ4n) is 3.36. The molecular weight excluding hydrogens is 268 g/mol. The molecule has 3 rings (SSSR count). The first-order valence-electron chi connectivity index (χ1n) is 7.44. The molecule has 1 fully saturated rings. The summed E-state index contributed by atoms with van der Waals surface area (Å²) in [6.07, 6.45) is 6.67. The highest BCUT2D eigenvalue weighted by molar-refractivity contribution is 7.99. The van der Waals surface area contributed by atoms with Gasteiger partial charge in [0.2, 0.25) is 0 Å². The summed E-state index contributed by atoms with van der Waals surface area (Å²) in [5.74, 6) is 0.120. The molecular formula is C16H22N2OS. The van der Waals surface area contributed by atoms with E-state index in [-0.39, 0.29) is 5.91 Å². The van der Waals surface area contributed by atoms with Crippen molar-refractivity contribution in [1.82, 2.24) is 10.6 Å². The molecule has 1 aliphatic carbocycles. The molecule has 1 aromatic rings. The summed E-state index contributed by atoms with van der Waals surface area (Å²) in [6.45, 7) is 1.85. The maximum Gasteiger partial charge on any atom is 0.251 e. The van der Waals surface area contributed by atoms with E-state index in [0.717, 1.165) is 31.5 Å². The highest BCUT2D eigenvalue weighted by Crippen LogP contribution is 2.29. The first-order valence-corrected chi connectivity index (χ1v) is 8.73. The molecule has 2 atom stereocenters. The monoisotopic (exact) mass is 290 g/mol. The van der Waals surface area contributed by atoms with Gasteiger partial charge in [-0.15, -0.1) is 0 Å². The Hall–Kier alpha value is -1.00. The molecule has 1 saturated carbocycles. The zero-order chi connectivity index (χ0) is 13.9. The maximum absolute atomic E-state index is 12.6. The van der Waals surface area contributed by atoms with Gasteiger partial charge in [0.25, 0.3) is 5.91 Å². The van der Waals surface area contributed by atoms with Crippen molar-refractivity contribution in [3.63, 3.8) is 0 Å². The Balaban J connectivity index is 1.77. The molecule has 3 nitrogen and oxygen atoms in total. The van der Waals surface area contributed by atoms with E-state index in [2.05, 4.69) is 23.0 Å². The van der Waals surface area contributed by atoms with E-state index in [4.69, 9.17) is 0 Å². The van der Waals surface area contributed by atoms with Gasteiger partial charge in [-0.05, 0) is 49.3 Å². The van der Waals surface area contributed by atoms with E-state index in [1.165, 1.54) is 24.0 Å². The molecule has 1 aliphatic heterocycles. The van der Waals surface area contributed by atoms with Gasteiger partial charge in [-0.2, -0.15) is 11.8 Å². The summed E-state index contributed by atoms with van der Waals surface area (Å²) >= 11 is 1.88. The molecule has 0 aromatic heterocycles. The van der Waals surface area contributed by atoms with Crippen molar-refractivity contribution >= 4 is 17.7 Å². The second kappa shape index (κ2) is 6.19. The third-order valence-corrected chi connectivity index (χ3v) is 5.63. The van der Waals surface area contributed by atoms with E-state index in [1.54, 1.807) is 0 Å². The summed E-state index contributed by atoms with van der Waals surface area (Å²) in [5, 5.41) is 7.21. The van der Waals surface area contributed by atoms with E-state index in [9.17, 15) is 4.79 Å². The number of hydrogen-bond donors (Lipinski definition) is 2. The summed E-state index contributed by atoms with van der Waals surface area (Å²) in [4.78, 5) is 12.6. The number of nitrogens with one attached hydrogen (secondary N) is 2. The average molecular weight is 290 g/mol. The van der Waals surface area contributed by atoms with Crippen LogP contribution in [0.2, 0.25) is 0 Å². The van der Waals surface area contributed by atoms with E-state index in [0.29, 0.717) is 11.3 Å². The van der Waals surface area contributed by atoms with Crippen LogP contribution in [0, 0.1) is 0 Å². The normalized spacial score (nSPS) is 25.2. The minimum atomic E-state index is 0.120. The lowest BCUT2D eigenvalue weighted by Crippen LogP contribution is -2.39. The number of thioether (sulfide) groups is 1. The number of benzene rings is 1. The molecule has 4 heteroatoms. The first-order chi connectivity index (χ1) is 9.79. The lowest BCUT2D eigenvalue weighted by atomic mass is 9.95. The fraction of sp³-hybridized carbons (Fsp3) is 0.562. The molecule has 0 spiro atoms. The number of carbonyl (C=O) groups excluding carboxylic acids is 1. The van der Waals surface area contributed by atoms with Gasteiger partial charge in [0.1, 0.15) is 0 Å². The number of carbonyl (C=O) groups is 1. The Labute approximate surface area is 124 Å². The zero-order valence-corrected chi connectivity index (χ0v) is 12.8. The molecule has 2 aliphatic rings. The van der Waals surface area contributed by atoms with E-state index < -0.39 is 0 Å². The van der Waals surface area contributed by atoms with Crippen LogP contribution >= 0.6 is 11.8 Å². The van der Waals surface area contributed by atoms with E-state index in [1.807, 2.05) is 23.9 Å². The predicted molar refractivity (Wildman–Crippen MR) is 84.3 cm³/mol. The van der Waals surface area contributed by atoms with E-state index >= 15 is 0 Å². The van der Waals surface area contributed by atoms with Crippen molar-refractivity contribution in [3.05, 3.63) is 34.9 Å². The Morgan fingerprint density at radius 3 is 3.15 bits per heavy atom. The molecule has 2 unspecified atom stereocenters. The van der Waals surface area contributed by atoms with Gasteiger partial charge in [0, 0.05) is 23.4 Å². The molecule has 108 valence electrons. The molecule has 1 heterocycles. The van der Waals surface area contributed by atoms with Gasteiger partial charge in [0.05, 0.1) is 0 Å². The smallest absolute Gasteiger partial charge is 0.251 e. The van der Waals surface area contributed by atoms with Crippen LogP contribution in [0.4, 0.5) is 0 Å². The number of rotatable bonds is 3. The second-order valence-corrected chi connectivity index (χ2v) is 6.73. The quantitative estimate of drug-likeness (QED) is 0.898. The standard InChI is InChI=1S/C16H22N2OS/c1-20-15-7-3-6-14(15)18-16(19)13-5-2-4-11-10-17-9-8-12(11)13/h2,4-5,14-15,17H,3,6-10H2,1H3,(H,18,19). The van der Waals surface area contributed by atoms with Crippen molar-refractivity contribution in [2.75, 3.05) is 12.8 Å². The minimum Gasteiger partial charge on any atom is -0.348 e. The third kappa shape index (κ3) is 2.72. The summed E-state index contributed by atoms with van der Waals surface area (Å²) in [5.41, 5.74) is 3.40. The Kier molecular flexibility index (Phi) is 4.32. The largest absolute Gasteiger partial charge is 0.348 e. The summed E-state index contributed by atoms with van der Waals surface area (Å²) in [6, 6.07) is 6.44. The number of hydrogen-bond acceptors (Lipinski definition) is 3. The van der Waals surface area contributed by atoms with Crippen LogP contribution < -0.4 is 10.6 Å². The van der Waals surface area contributed by atoms with Crippen LogP contribution in [0.25, 0.3) is 0 Å². The molecule has 2 N–H and O–H groups in total. The lowest BCUT2D eigenvalue weighted by Gasteiger charge is -2.23. The Morgan fingerprint density at radius 1 is 1.40 bits per heavy atom. The molecule has 1 amide bonds. The SMILES string of the molecule is CSC1CCCC1NC(=O)c1cccc2c1CCNC2. The van der Waals surface area contributed by atoms with Crippen molar-refractivity contribution in [2.45, 2.75) is 43.5 Å². The van der Waals surface area contributed by atoms with Crippen LogP contribution in [0.15, 0.2) is 18.2 Å². The topological polar surface area (TPSA) is 41.1 Å².